The van der Waals surface area contributed by atoms with Crippen molar-refractivity contribution in [2.45, 2.75) is 6.42 Å². The van der Waals surface area contributed by atoms with Crippen LogP contribution in [0.3, 0.4) is 0 Å². The molecule has 3 aromatic carbocycles. The van der Waals surface area contributed by atoms with E-state index in [9.17, 15) is 14.9 Å². The molecule has 1 aliphatic heterocycles. The molecule has 1 N–H and O–H groups in total. The van der Waals surface area contributed by atoms with E-state index in [-0.39, 0.29) is 16.8 Å². The second-order valence-corrected chi connectivity index (χ2v) is 10.2. The summed E-state index contributed by atoms with van der Waals surface area (Å²) >= 11 is 0. The maximum absolute atomic E-state index is 13.0. The number of methoxy groups -OCH3 is 1. The van der Waals surface area contributed by atoms with Crippen molar-refractivity contribution < 1.29 is 22.8 Å². The van der Waals surface area contributed by atoms with Crippen molar-refractivity contribution in [2.24, 2.45) is 4.99 Å². The molecule has 0 atom stereocenters. The number of ether oxygens (including phenoxy) is 1. The number of carbonyl (C=O) groups is 1. The third-order valence-electron chi connectivity index (χ3n) is 5.66. The van der Waals surface area contributed by atoms with Crippen LogP contribution in [-0.2, 0) is 14.8 Å². The third-order valence-corrected chi connectivity index (χ3v) is 8.29. The highest BCUT2D eigenvalue weighted by atomic mass is 32.3. The highest BCUT2D eigenvalue weighted by Gasteiger charge is 2.40. The van der Waals surface area contributed by atoms with E-state index in [1.54, 1.807) is 43.5 Å². The summed E-state index contributed by atoms with van der Waals surface area (Å²) in [7, 11) is 1.98. The van der Waals surface area contributed by atoms with Crippen molar-refractivity contribution in [1.82, 2.24) is 5.32 Å². The standard InChI is InChI=1S/C26H25N3O6S/c1-33-22-15-11-19(12-16-22)24-23(17-18-9-13-21(14-10-18)29(31)32)36(34-2,35-3)26(27-24)28-25(30)20-7-5-4-6-8-20/h4-16H,17H2,1-3H3,(H,27,28,30). The van der Waals surface area contributed by atoms with Gasteiger partial charge in [0.1, 0.15) is 5.75 Å². The Kier molecular flexibility index (Phi) is 7.49. The van der Waals surface area contributed by atoms with Crippen LogP contribution < -0.4 is 10.1 Å². The fraction of sp³-hybridized carbons (Fsp3) is 0.154. The van der Waals surface area contributed by atoms with E-state index < -0.39 is 15.5 Å². The SMILES string of the molecule is COc1ccc(C2=C(Cc3ccc([N+](=O)[O-])cc3)S(OC)(OC)C(NC(=O)c3ccccc3)=N2)cc1. The summed E-state index contributed by atoms with van der Waals surface area (Å²) in [5.74, 6) is 0.346. The molecule has 0 fully saturated rings. The molecule has 0 radical (unpaired) electrons. The van der Waals surface area contributed by atoms with Gasteiger partial charge in [0.2, 0.25) is 5.17 Å². The fourth-order valence-electron chi connectivity index (χ4n) is 3.82. The number of nitrogens with zero attached hydrogens (tertiary/aromatic N) is 2. The molecule has 0 unspecified atom stereocenters. The molecule has 0 spiro atoms. The third kappa shape index (κ3) is 4.87. The van der Waals surface area contributed by atoms with E-state index in [1.807, 2.05) is 30.3 Å². The number of non-ortho nitro benzene ring substituents is 1. The molecule has 0 bridgehead atoms. The van der Waals surface area contributed by atoms with Gasteiger partial charge in [0.15, 0.2) is 0 Å². The van der Waals surface area contributed by atoms with E-state index in [0.29, 0.717) is 23.4 Å². The molecule has 0 saturated heterocycles. The first-order chi connectivity index (χ1) is 17.4. The van der Waals surface area contributed by atoms with Crippen LogP contribution in [0.4, 0.5) is 5.69 Å². The van der Waals surface area contributed by atoms with Crippen molar-refractivity contribution >= 4 is 33.0 Å². The van der Waals surface area contributed by atoms with Crippen LogP contribution in [0.2, 0.25) is 0 Å². The minimum Gasteiger partial charge on any atom is -0.497 e. The number of rotatable bonds is 8. The molecule has 9 nitrogen and oxygen atoms in total. The lowest BCUT2D eigenvalue weighted by molar-refractivity contribution is -0.384. The first kappa shape index (κ1) is 25.1. The lowest BCUT2D eigenvalue weighted by atomic mass is 10.1. The number of hydrogen-bond acceptors (Lipinski definition) is 7. The predicted octanol–water partition coefficient (Wildman–Crippen LogP) is 5.24. The monoisotopic (exact) mass is 507 g/mol. The van der Waals surface area contributed by atoms with Gasteiger partial charge in [-0.25, -0.2) is 4.99 Å². The van der Waals surface area contributed by atoms with Gasteiger partial charge < -0.3 is 4.74 Å². The number of hydrogen-bond donors (Lipinski definition) is 1. The zero-order valence-electron chi connectivity index (χ0n) is 20.0. The lowest BCUT2D eigenvalue weighted by Gasteiger charge is -2.39. The van der Waals surface area contributed by atoms with Crippen molar-refractivity contribution in [3.05, 3.63) is 111 Å². The smallest absolute Gasteiger partial charge is 0.269 e. The zero-order valence-corrected chi connectivity index (χ0v) is 20.8. The number of benzene rings is 3. The Hall–Kier alpha value is -3.99. The number of carbonyl (C=O) groups excluding carboxylic acids is 1. The largest absolute Gasteiger partial charge is 0.497 e. The van der Waals surface area contributed by atoms with E-state index in [4.69, 9.17) is 18.1 Å². The molecule has 36 heavy (non-hydrogen) atoms. The van der Waals surface area contributed by atoms with Crippen molar-refractivity contribution in [1.29, 1.82) is 0 Å². The van der Waals surface area contributed by atoms with Crippen molar-refractivity contribution in [3.63, 3.8) is 0 Å². The molecule has 3 aromatic rings. The van der Waals surface area contributed by atoms with Gasteiger partial charge in [-0.3, -0.25) is 28.6 Å². The van der Waals surface area contributed by atoms with Gasteiger partial charge in [0, 0.05) is 29.7 Å². The molecular formula is C26H25N3O6S. The Morgan fingerprint density at radius 1 is 0.944 bits per heavy atom. The predicted molar refractivity (Wildman–Crippen MR) is 140 cm³/mol. The van der Waals surface area contributed by atoms with Gasteiger partial charge in [-0.2, -0.15) is 0 Å². The molecule has 4 rings (SSSR count). The van der Waals surface area contributed by atoms with Gasteiger partial charge >= 0.3 is 0 Å². The molecule has 1 aliphatic rings. The van der Waals surface area contributed by atoms with E-state index in [2.05, 4.69) is 5.32 Å². The Morgan fingerprint density at radius 2 is 1.58 bits per heavy atom. The van der Waals surface area contributed by atoms with Crippen LogP contribution in [0.25, 0.3) is 5.70 Å². The molecule has 10 heteroatoms. The van der Waals surface area contributed by atoms with Gasteiger partial charge in [0.25, 0.3) is 11.6 Å². The Balaban J connectivity index is 1.79. The normalized spacial score (nSPS) is 15.2. The summed E-state index contributed by atoms with van der Waals surface area (Å²) < 4.78 is 17.2. The van der Waals surface area contributed by atoms with Gasteiger partial charge in [-0.15, -0.1) is 10.6 Å². The number of nitro groups is 1. The average molecular weight is 508 g/mol. The summed E-state index contributed by atoms with van der Waals surface area (Å²) in [5, 5.41) is 14.3. The molecular weight excluding hydrogens is 482 g/mol. The minimum atomic E-state index is -2.63. The molecule has 186 valence electrons. The van der Waals surface area contributed by atoms with Crippen LogP contribution in [0.1, 0.15) is 21.5 Å². The zero-order chi connectivity index (χ0) is 25.7. The fourth-order valence-corrected chi connectivity index (χ4v) is 6.12. The van der Waals surface area contributed by atoms with E-state index >= 15 is 0 Å². The van der Waals surface area contributed by atoms with Gasteiger partial charge in [0.05, 0.1) is 36.9 Å². The molecule has 0 saturated carbocycles. The lowest BCUT2D eigenvalue weighted by Crippen LogP contribution is -2.34. The second kappa shape index (κ2) is 10.7. The summed E-state index contributed by atoms with van der Waals surface area (Å²) in [4.78, 5) is 29.2. The summed E-state index contributed by atoms with van der Waals surface area (Å²) in [6.07, 6.45) is 0.338. The maximum atomic E-state index is 13.0. The topological polar surface area (TPSA) is 112 Å². The van der Waals surface area contributed by atoms with Gasteiger partial charge in [-0.05, 0) is 42.0 Å². The summed E-state index contributed by atoms with van der Waals surface area (Å²) in [5.41, 5.74) is 2.65. The minimum absolute atomic E-state index is 0.00122. The quantitative estimate of drug-likeness (QED) is 0.330. The Morgan fingerprint density at radius 3 is 2.14 bits per heavy atom. The Bertz CT molecular complexity index is 1320. The number of amidine groups is 1. The van der Waals surface area contributed by atoms with E-state index in [1.165, 1.54) is 26.4 Å². The van der Waals surface area contributed by atoms with Crippen molar-refractivity contribution in [3.8, 4) is 5.75 Å². The summed E-state index contributed by atoms with van der Waals surface area (Å²) in [6.45, 7) is 0. The first-order valence-electron chi connectivity index (χ1n) is 10.9. The maximum Gasteiger partial charge on any atom is 0.269 e. The Labute approximate surface area is 210 Å². The number of nitrogens with one attached hydrogen (secondary N) is 1. The van der Waals surface area contributed by atoms with Crippen LogP contribution in [0, 0.1) is 10.1 Å². The number of amides is 1. The molecule has 1 heterocycles. The molecule has 0 aromatic heterocycles. The highest BCUT2D eigenvalue weighted by molar-refractivity contribution is 8.41. The average Bonchev–Trinajstić information content (AvgIpc) is 3.22. The van der Waals surface area contributed by atoms with Crippen LogP contribution in [0.5, 0.6) is 5.75 Å². The van der Waals surface area contributed by atoms with E-state index in [0.717, 1.165) is 16.0 Å². The number of nitro benzene ring substituents is 1. The van der Waals surface area contributed by atoms with Crippen LogP contribution >= 0.6 is 10.6 Å². The summed E-state index contributed by atoms with van der Waals surface area (Å²) in [6, 6.07) is 22.4. The molecule has 0 aliphatic carbocycles. The first-order valence-corrected chi connectivity index (χ1v) is 12.4. The van der Waals surface area contributed by atoms with Crippen molar-refractivity contribution in [2.75, 3.05) is 21.3 Å². The molecule has 1 amide bonds. The highest BCUT2D eigenvalue weighted by Crippen LogP contribution is 2.64. The van der Waals surface area contributed by atoms with Gasteiger partial charge in [-0.1, -0.05) is 30.3 Å². The van der Waals surface area contributed by atoms with Crippen LogP contribution in [0.15, 0.2) is 88.8 Å². The second-order valence-electron chi connectivity index (χ2n) is 7.67. The number of aliphatic imine (C=N–C) groups is 1. The number of allylic oxidation sites excluding steroid dienone is 1. The van der Waals surface area contributed by atoms with Crippen LogP contribution in [-0.4, -0.2) is 37.3 Å².